The van der Waals surface area contributed by atoms with E-state index in [-0.39, 0.29) is 6.61 Å². The number of aliphatic hydroxyl groups excluding tert-OH is 1. The highest BCUT2D eigenvalue weighted by Crippen LogP contribution is 2.39. The Morgan fingerprint density at radius 1 is 0.349 bits per heavy atom. The van der Waals surface area contributed by atoms with Gasteiger partial charge in [-0.15, -0.1) is 0 Å². The van der Waals surface area contributed by atoms with Gasteiger partial charge in [0.15, 0.2) is 0 Å². The molecule has 0 aromatic heterocycles. The minimum Gasteiger partial charge on any atom is -0.392 e. The maximum absolute atomic E-state index is 9.44. The van der Waals surface area contributed by atoms with E-state index < -0.39 is 0 Å². The van der Waals surface area contributed by atoms with E-state index in [2.05, 4.69) is 150 Å². The summed E-state index contributed by atoms with van der Waals surface area (Å²) in [6.07, 6.45) is 0. The summed E-state index contributed by atoms with van der Waals surface area (Å²) in [5.74, 6) is 0. The van der Waals surface area contributed by atoms with Crippen molar-refractivity contribution in [3.8, 4) is 11.1 Å². The van der Waals surface area contributed by atoms with E-state index in [4.69, 9.17) is 0 Å². The van der Waals surface area contributed by atoms with Crippen molar-refractivity contribution in [2.45, 2.75) is 6.61 Å². The summed E-state index contributed by atoms with van der Waals surface area (Å²) in [5.41, 5.74) is 6.51. The van der Waals surface area contributed by atoms with E-state index in [9.17, 15) is 5.11 Å². The lowest BCUT2D eigenvalue weighted by Crippen LogP contribution is -2.10. The van der Waals surface area contributed by atoms with Gasteiger partial charge in [-0.05, 0) is 120 Å². The summed E-state index contributed by atoms with van der Waals surface area (Å²) in [5, 5.41) is 19.3. The Labute approximate surface area is 250 Å². The van der Waals surface area contributed by atoms with Gasteiger partial charge in [-0.3, -0.25) is 0 Å². The molecular formula is C41H29NO. The van der Waals surface area contributed by atoms with Gasteiger partial charge in [0.2, 0.25) is 0 Å². The molecule has 8 aromatic rings. The molecule has 0 aliphatic heterocycles. The Balaban J connectivity index is 1.28. The van der Waals surface area contributed by atoms with Gasteiger partial charge in [0.05, 0.1) is 6.61 Å². The standard InChI is InChI=1S/C41H29NO/c43-27-28-9-11-29(12-10-28)30-13-17-39(18-14-30)42(40-19-15-35-21-31-5-1-3-7-33(31)23-37(35)25-40)41-20-16-36-22-32-6-2-4-8-34(32)24-38(36)26-41/h1-26,43H,27H2. The molecule has 0 aliphatic carbocycles. The molecule has 0 atom stereocenters. The van der Waals surface area contributed by atoms with Crippen LogP contribution in [0.25, 0.3) is 54.2 Å². The molecule has 0 amide bonds. The summed E-state index contributed by atoms with van der Waals surface area (Å²) in [7, 11) is 0. The number of hydrogen-bond acceptors (Lipinski definition) is 2. The Morgan fingerprint density at radius 2 is 0.721 bits per heavy atom. The van der Waals surface area contributed by atoms with Gasteiger partial charge in [0, 0.05) is 17.1 Å². The first-order chi connectivity index (χ1) is 21.2. The first-order valence-electron chi connectivity index (χ1n) is 14.7. The van der Waals surface area contributed by atoms with E-state index in [1.165, 1.54) is 43.1 Å². The minimum atomic E-state index is 0.0529. The van der Waals surface area contributed by atoms with Crippen molar-refractivity contribution in [1.82, 2.24) is 0 Å². The SMILES string of the molecule is OCc1ccc(-c2ccc(N(c3ccc4cc5ccccc5cc4c3)c3ccc4cc5ccccc5cc4c3)cc2)cc1. The second-order valence-corrected chi connectivity index (χ2v) is 11.2. The molecule has 0 saturated carbocycles. The summed E-state index contributed by atoms with van der Waals surface area (Å²) >= 11 is 0. The van der Waals surface area contributed by atoms with Gasteiger partial charge in [-0.25, -0.2) is 0 Å². The molecule has 0 fully saturated rings. The van der Waals surface area contributed by atoms with E-state index in [0.29, 0.717) is 0 Å². The van der Waals surface area contributed by atoms with Crippen molar-refractivity contribution in [2.75, 3.05) is 4.90 Å². The van der Waals surface area contributed by atoms with Crippen LogP contribution in [0.15, 0.2) is 158 Å². The maximum atomic E-state index is 9.44. The van der Waals surface area contributed by atoms with Crippen molar-refractivity contribution >= 4 is 60.2 Å². The van der Waals surface area contributed by atoms with Crippen molar-refractivity contribution in [2.24, 2.45) is 0 Å². The number of hydrogen-bond donors (Lipinski definition) is 1. The first-order valence-corrected chi connectivity index (χ1v) is 14.7. The Kier molecular flexibility index (Phi) is 6.14. The van der Waals surface area contributed by atoms with Crippen molar-refractivity contribution in [3.05, 3.63) is 163 Å². The molecule has 0 radical (unpaired) electrons. The molecule has 0 saturated heterocycles. The number of benzene rings is 8. The third-order valence-corrected chi connectivity index (χ3v) is 8.49. The topological polar surface area (TPSA) is 23.5 Å². The molecule has 0 aliphatic rings. The van der Waals surface area contributed by atoms with Crippen molar-refractivity contribution < 1.29 is 5.11 Å². The van der Waals surface area contributed by atoms with Crippen LogP contribution >= 0.6 is 0 Å². The number of nitrogens with zero attached hydrogens (tertiary/aromatic N) is 1. The van der Waals surface area contributed by atoms with Crippen LogP contribution in [-0.4, -0.2) is 5.11 Å². The third-order valence-electron chi connectivity index (χ3n) is 8.49. The highest BCUT2D eigenvalue weighted by atomic mass is 16.3. The highest BCUT2D eigenvalue weighted by Gasteiger charge is 2.15. The fourth-order valence-corrected chi connectivity index (χ4v) is 6.19. The molecule has 2 heteroatoms. The van der Waals surface area contributed by atoms with Gasteiger partial charge in [0.25, 0.3) is 0 Å². The van der Waals surface area contributed by atoms with Crippen LogP contribution in [0.2, 0.25) is 0 Å². The molecule has 8 aromatic carbocycles. The third kappa shape index (κ3) is 4.68. The van der Waals surface area contributed by atoms with Gasteiger partial charge >= 0.3 is 0 Å². The lowest BCUT2D eigenvalue weighted by atomic mass is 10.0. The lowest BCUT2D eigenvalue weighted by molar-refractivity contribution is 0.282. The summed E-state index contributed by atoms with van der Waals surface area (Å²) in [6, 6.07) is 56.6. The molecule has 204 valence electrons. The van der Waals surface area contributed by atoms with Crippen LogP contribution in [0.4, 0.5) is 17.1 Å². The molecule has 0 heterocycles. The van der Waals surface area contributed by atoms with Crippen molar-refractivity contribution in [3.63, 3.8) is 0 Å². The molecule has 0 unspecified atom stereocenters. The predicted octanol–water partition coefficient (Wildman–Crippen LogP) is 10.9. The Hall–Kier alpha value is -5.44. The predicted molar refractivity (Wildman–Crippen MR) is 183 cm³/mol. The largest absolute Gasteiger partial charge is 0.392 e. The van der Waals surface area contributed by atoms with Crippen LogP contribution in [0.5, 0.6) is 0 Å². The molecule has 0 bridgehead atoms. The summed E-state index contributed by atoms with van der Waals surface area (Å²) < 4.78 is 0. The average molecular weight is 552 g/mol. The second-order valence-electron chi connectivity index (χ2n) is 11.2. The van der Waals surface area contributed by atoms with Gasteiger partial charge < -0.3 is 10.0 Å². The number of fused-ring (bicyclic) bond motifs is 4. The minimum absolute atomic E-state index is 0.0529. The first kappa shape index (κ1) is 25.3. The molecule has 2 nitrogen and oxygen atoms in total. The Morgan fingerprint density at radius 3 is 1.16 bits per heavy atom. The van der Waals surface area contributed by atoms with Gasteiger partial charge in [-0.2, -0.15) is 0 Å². The zero-order chi connectivity index (χ0) is 28.8. The number of anilines is 3. The van der Waals surface area contributed by atoms with E-state index in [1.54, 1.807) is 0 Å². The van der Waals surface area contributed by atoms with E-state index >= 15 is 0 Å². The van der Waals surface area contributed by atoms with Crippen LogP contribution in [-0.2, 0) is 6.61 Å². The molecule has 43 heavy (non-hydrogen) atoms. The van der Waals surface area contributed by atoms with Crippen LogP contribution in [0, 0.1) is 0 Å². The highest BCUT2D eigenvalue weighted by molar-refractivity contribution is 6.02. The zero-order valence-corrected chi connectivity index (χ0v) is 23.6. The quantitative estimate of drug-likeness (QED) is 0.215. The summed E-state index contributed by atoms with van der Waals surface area (Å²) in [6.45, 7) is 0.0529. The van der Waals surface area contributed by atoms with E-state index in [0.717, 1.165) is 33.8 Å². The number of aliphatic hydroxyl groups is 1. The molecule has 0 spiro atoms. The molecule has 8 rings (SSSR count). The Bertz CT molecular complexity index is 2150. The van der Waals surface area contributed by atoms with Crippen LogP contribution < -0.4 is 4.90 Å². The summed E-state index contributed by atoms with van der Waals surface area (Å²) in [4.78, 5) is 2.35. The monoisotopic (exact) mass is 551 g/mol. The second kappa shape index (κ2) is 10.4. The van der Waals surface area contributed by atoms with E-state index in [1.807, 2.05) is 12.1 Å². The van der Waals surface area contributed by atoms with Crippen LogP contribution in [0.1, 0.15) is 5.56 Å². The van der Waals surface area contributed by atoms with Gasteiger partial charge in [0.1, 0.15) is 0 Å². The zero-order valence-electron chi connectivity index (χ0n) is 23.6. The average Bonchev–Trinajstić information content (AvgIpc) is 3.07. The van der Waals surface area contributed by atoms with Crippen molar-refractivity contribution in [1.29, 1.82) is 0 Å². The lowest BCUT2D eigenvalue weighted by Gasteiger charge is -2.26. The normalized spacial score (nSPS) is 11.5. The number of rotatable bonds is 5. The van der Waals surface area contributed by atoms with Gasteiger partial charge in [-0.1, -0.05) is 97.1 Å². The smallest absolute Gasteiger partial charge is 0.0681 e. The molecular weight excluding hydrogens is 522 g/mol. The fraction of sp³-hybridized carbons (Fsp3) is 0.0244. The fourth-order valence-electron chi connectivity index (χ4n) is 6.19. The maximum Gasteiger partial charge on any atom is 0.0681 e. The molecule has 1 N–H and O–H groups in total. The van der Waals surface area contributed by atoms with Crippen LogP contribution in [0.3, 0.4) is 0 Å².